The van der Waals surface area contributed by atoms with Gasteiger partial charge in [0.15, 0.2) is 0 Å². The summed E-state index contributed by atoms with van der Waals surface area (Å²) in [5.74, 6) is 1.06. The van der Waals surface area contributed by atoms with Crippen molar-refractivity contribution in [1.82, 2.24) is 4.98 Å². The van der Waals surface area contributed by atoms with Crippen LogP contribution < -0.4 is 10.1 Å². The zero-order valence-corrected chi connectivity index (χ0v) is 15.0. The second-order valence-corrected chi connectivity index (χ2v) is 6.31. The molecule has 1 aromatic heterocycles. The number of methoxy groups -OCH3 is 1. The number of phenols is 1. The fourth-order valence-corrected chi connectivity index (χ4v) is 3.32. The van der Waals surface area contributed by atoms with E-state index in [1.807, 2.05) is 60.7 Å². The molecule has 4 rings (SSSR count). The van der Waals surface area contributed by atoms with E-state index in [1.165, 1.54) is 0 Å². The molecule has 2 N–H and O–H groups in total. The van der Waals surface area contributed by atoms with Crippen LogP contribution in [0.25, 0.3) is 10.8 Å². The van der Waals surface area contributed by atoms with E-state index in [0.29, 0.717) is 0 Å². The maximum atomic E-state index is 10.7. The molecule has 0 aliphatic rings. The van der Waals surface area contributed by atoms with Crippen molar-refractivity contribution in [1.29, 1.82) is 0 Å². The highest BCUT2D eigenvalue weighted by molar-refractivity contribution is 5.89. The fraction of sp³-hybridized carbons (Fsp3) is 0.0870. The molecule has 0 saturated heterocycles. The van der Waals surface area contributed by atoms with Crippen molar-refractivity contribution in [2.75, 3.05) is 12.4 Å². The van der Waals surface area contributed by atoms with E-state index < -0.39 is 0 Å². The van der Waals surface area contributed by atoms with Crippen LogP contribution in [0, 0.1) is 0 Å². The number of ether oxygens (including phenoxy) is 1. The minimum absolute atomic E-state index is 0.232. The molecule has 0 amide bonds. The molecule has 134 valence electrons. The summed E-state index contributed by atoms with van der Waals surface area (Å²) in [5, 5.41) is 16.4. The number of fused-ring (bicyclic) bond motifs is 1. The zero-order chi connectivity index (χ0) is 18.6. The Labute approximate surface area is 158 Å². The van der Waals surface area contributed by atoms with Gasteiger partial charge >= 0.3 is 0 Å². The molecule has 0 spiro atoms. The average Bonchev–Trinajstić information content (AvgIpc) is 2.73. The normalized spacial score (nSPS) is 11.9. The van der Waals surface area contributed by atoms with Gasteiger partial charge in [-0.15, -0.1) is 0 Å². The molecule has 0 fully saturated rings. The molecule has 0 aliphatic heterocycles. The molecule has 1 heterocycles. The third kappa shape index (κ3) is 3.42. The van der Waals surface area contributed by atoms with Crippen molar-refractivity contribution in [2.24, 2.45) is 0 Å². The average molecular weight is 356 g/mol. The lowest BCUT2D eigenvalue weighted by molar-refractivity contribution is 0.414. The van der Waals surface area contributed by atoms with Gasteiger partial charge < -0.3 is 15.2 Å². The quantitative estimate of drug-likeness (QED) is 0.519. The van der Waals surface area contributed by atoms with E-state index in [-0.39, 0.29) is 11.8 Å². The largest absolute Gasteiger partial charge is 0.508 e. The second-order valence-electron chi connectivity index (χ2n) is 6.31. The van der Waals surface area contributed by atoms with Gasteiger partial charge in [0.25, 0.3) is 0 Å². The predicted octanol–water partition coefficient (Wildman–Crippen LogP) is 5.15. The monoisotopic (exact) mass is 356 g/mol. The van der Waals surface area contributed by atoms with Gasteiger partial charge in [-0.05, 0) is 46.7 Å². The molecule has 3 aromatic carbocycles. The van der Waals surface area contributed by atoms with Crippen molar-refractivity contribution in [3.05, 3.63) is 96.3 Å². The lowest BCUT2D eigenvalue weighted by atomic mass is 9.92. The Morgan fingerprint density at radius 1 is 0.889 bits per heavy atom. The Balaban J connectivity index is 1.88. The molecule has 1 atom stereocenters. The van der Waals surface area contributed by atoms with Crippen LogP contribution in [-0.2, 0) is 0 Å². The van der Waals surface area contributed by atoms with Crippen molar-refractivity contribution in [3.63, 3.8) is 0 Å². The van der Waals surface area contributed by atoms with Gasteiger partial charge in [0, 0.05) is 23.6 Å². The van der Waals surface area contributed by atoms with Crippen LogP contribution in [0.15, 0.2) is 85.2 Å². The molecule has 4 heteroatoms. The maximum absolute atomic E-state index is 10.7. The number of hydrogen-bond acceptors (Lipinski definition) is 4. The molecule has 0 aliphatic carbocycles. The van der Waals surface area contributed by atoms with E-state index in [9.17, 15) is 5.11 Å². The molecular weight excluding hydrogens is 336 g/mol. The highest BCUT2D eigenvalue weighted by atomic mass is 16.5. The van der Waals surface area contributed by atoms with Gasteiger partial charge in [-0.2, -0.15) is 0 Å². The Morgan fingerprint density at radius 2 is 1.63 bits per heavy atom. The van der Waals surface area contributed by atoms with E-state index in [0.717, 1.165) is 33.3 Å². The standard InChI is InChI=1S/C23H20N2O2/c1-27-19-9-6-17(7-10-19)23(25-18-12-14-24-15-13-18)22-20-5-3-2-4-16(20)8-11-21(22)26/h2-15,23,26H,1H3,(H,24,25). The van der Waals surface area contributed by atoms with Crippen molar-refractivity contribution >= 4 is 16.5 Å². The molecule has 1 unspecified atom stereocenters. The minimum Gasteiger partial charge on any atom is -0.508 e. The summed E-state index contributed by atoms with van der Waals surface area (Å²) < 4.78 is 5.29. The second kappa shape index (κ2) is 7.38. The number of phenolic OH excluding ortho intramolecular Hbond substituents is 1. The summed E-state index contributed by atoms with van der Waals surface area (Å²) in [4.78, 5) is 4.08. The first-order valence-corrected chi connectivity index (χ1v) is 8.77. The highest BCUT2D eigenvalue weighted by Crippen LogP contribution is 2.38. The molecule has 0 saturated carbocycles. The third-order valence-electron chi connectivity index (χ3n) is 4.68. The smallest absolute Gasteiger partial charge is 0.121 e. The Hall–Kier alpha value is -3.53. The number of rotatable bonds is 5. The van der Waals surface area contributed by atoms with E-state index in [1.54, 1.807) is 25.6 Å². The first-order chi connectivity index (χ1) is 13.3. The van der Waals surface area contributed by atoms with Crippen LogP contribution in [-0.4, -0.2) is 17.2 Å². The molecule has 4 aromatic rings. The molecule has 4 nitrogen and oxygen atoms in total. The summed E-state index contributed by atoms with van der Waals surface area (Å²) in [6.45, 7) is 0. The zero-order valence-electron chi connectivity index (χ0n) is 15.0. The van der Waals surface area contributed by atoms with Crippen LogP contribution >= 0.6 is 0 Å². The van der Waals surface area contributed by atoms with Gasteiger partial charge in [-0.1, -0.05) is 42.5 Å². The lowest BCUT2D eigenvalue weighted by Gasteiger charge is -2.24. The molecule has 0 radical (unpaired) electrons. The van der Waals surface area contributed by atoms with Crippen LogP contribution in [0.4, 0.5) is 5.69 Å². The topological polar surface area (TPSA) is 54.4 Å². The number of aromatic hydroxyl groups is 1. The number of anilines is 1. The van der Waals surface area contributed by atoms with Crippen LogP contribution in [0.1, 0.15) is 17.2 Å². The van der Waals surface area contributed by atoms with Crippen LogP contribution in [0.3, 0.4) is 0 Å². The SMILES string of the molecule is COc1ccc(C(Nc2ccncc2)c2c(O)ccc3ccccc23)cc1. The first kappa shape index (κ1) is 16.9. The number of pyridine rings is 1. The summed E-state index contributed by atoms with van der Waals surface area (Å²) >= 11 is 0. The summed E-state index contributed by atoms with van der Waals surface area (Å²) in [5.41, 5.74) is 2.80. The molecule has 27 heavy (non-hydrogen) atoms. The Morgan fingerprint density at radius 3 is 2.37 bits per heavy atom. The number of hydrogen-bond donors (Lipinski definition) is 2. The van der Waals surface area contributed by atoms with Gasteiger partial charge in [0.2, 0.25) is 0 Å². The Kier molecular flexibility index (Phi) is 4.62. The van der Waals surface area contributed by atoms with Crippen LogP contribution in [0.5, 0.6) is 11.5 Å². The summed E-state index contributed by atoms with van der Waals surface area (Å²) in [6, 6.07) is 23.3. The maximum Gasteiger partial charge on any atom is 0.121 e. The van der Waals surface area contributed by atoms with E-state index in [2.05, 4.69) is 16.4 Å². The predicted molar refractivity (Wildman–Crippen MR) is 108 cm³/mol. The van der Waals surface area contributed by atoms with Gasteiger partial charge in [0.05, 0.1) is 13.2 Å². The summed E-state index contributed by atoms with van der Waals surface area (Å²) in [6.07, 6.45) is 3.49. The fourth-order valence-electron chi connectivity index (χ4n) is 3.32. The Bertz CT molecular complexity index is 1050. The number of nitrogens with zero attached hydrogens (tertiary/aromatic N) is 1. The van der Waals surface area contributed by atoms with E-state index >= 15 is 0 Å². The van der Waals surface area contributed by atoms with Crippen LogP contribution in [0.2, 0.25) is 0 Å². The minimum atomic E-state index is -0.232. The third-order valence-corrected chi connectivity index (χ3v) is 4.68. The van der Waals surface area contributed by atoms with Crippen molar-refractivity contribution in [3.8, 4) is 11.5 Å². The molecular formula is C23H20N2O2. The highest BCUT2D eigenvalue weighted by Gasteiger charge is 2.20. The first-order valence-electron chi connectivity index (χ1n) is 8.77. The van der Waals surface area contributed by atoms with E-state index in [4.69, 9.17) is 4.74 Å². The number of benzene rings is 3. The number of aromatic nitrogens is 1. The van der Waals surface area contributed by atoms with Gasteiger partial charge in [-0.25, -0.2) is 0 Å². The van der Waals surface area contributed by atoms with Gasteiger partial charge in [0.1, 0.15) is 11.5 Å². The van der Waals surface area contributed by atoms with Gasteiger partial charge in [-0.3, -0.25) is 4.98 Å². The lowest BCUT2D eigenvalue weighted by Crippen LogP contribution is -2.13. The summed E-state index contributed by atoms with van der Waals surface area (Å²) in [7, 11) is 1.65. The van der Waals surface area contributed by atoms with Crippen molar-refractivity contribution in [2.45, 2.75) is 6.04 Å². The number of nitrogens with one attached hydrogen (secondary N) is 1. The molecule has 0 bridgehead atoms. The van der Waals surface area contributed by atoms with Crippen molar-refractivity contribution < 1.29 is 9.84 Å².